The molecule has 0 aliphatic carbocycles. The van der Waals surface area contributed by atoms with Gasteiger partial charge < -0.3 is 14.8 Å². The van der Waals surface area contributed by atoms with E-state index in [9.17, 15) is 0 Å². The van der Waals surface area contributed by atoms with Crippen molar-refractivity contribution < 1.29 is 9.47 Å². The zero-order valence-corrected chi connectivity index (χ0v) is 10.1. The fourth-order valence-corrected chi connectivity index (χ4v) is 1.76. The molecule has 1 aliphatic rings. The van der Waals surface area contributed by atoms with E-state index in [0.29, 0.717) is 12.0 Å². The average Bonchev–Trinajstić information content (AvgIpc) is 2.76. The first-order valence-electron chi connectivity index (χ1n) is 6.25. The standard InChI is InChI=1S/C12H25NO2/c1-3-6-13-12(4-2)10-15-9-11-5-7-14-8-11/h11-13H,3-10H2,1-2H3. The van der Waals surface area contributed by atoms with Crippen LogP contribution in [0.5, 0.6) is 0 Å². The Hall–Kier alpha value is -0.120. The highest BCUT2D eigenvalue weighted by Crippen LogP contribution is 2.12. The van der Waals surface area contributed by atoms with Crippen LogP contribution in [0, 0.1) is 5.92 Å². The van der Waals surface area contributed by atoms with Crippen LogP contribution in [-0.2, 0) is 9.47 Å². The van der Waals surface area contributed by atoms with E-state index in [4.69, 9.17) is 9.47 Å². The van der Waals surface area contributed by atoms with Gasteiger partial charge in [0.15, 0.2) is 0 Å². The minimum Gasteiger partial charge on any atom is -0.381 e. The van der Waals surface area contributed by atoms with Gasteiger partial charge in [-0.25, -0.2) is 0 Å². The summed E-state index contributed by atoms with van der Waals surface area (Å²) in [5, 5.41) is 3.49. The Bertz CT molecular complexity index is 147. The zero-order valence-electron chi connectivity index (χ0n) is 10.1. The van der Waals surface area contributed by atoms with Crippen molar-refractivity contribution in [3.8, 4) is 0 Å². The average molecular weight is 215 g/mol. The lowest BCUT2D eigenvalue weighted by molar-refractivity contribution is 0.0738. The summed E-state index contributed by atoms with van der Waals surface area (Å²) in [4.78, 5) is 0. The Morgan fingerprint density at radius 1 is 1.47 bits per heavy atom. The fourth-order valence-electron chi connectivity index (χ4n) is 1.76. The summed E-state index contributed by atoms with van der Waals surface area (Å²) in [5.41, 5.74) is 0. The van der Waals surface area contributed by atoms with Crippen molar-refractivity contribution in [2.75, 3.05) is 33.0 Å². The zero-order chi connectivity index (χ0) is 10.9. The molecule has 0 aromatic carbocycles. The molecule has 15 heavy (non-hydrogen) atoms. The number of rotatable bonds is 8. The molecule has 1 rings (SSSR count). The Labute approximate surface area is 93.5 Å². The van der Waals surface area contributed by atoms with Gasteiger partial charge in [0.05, 0.1) is 19.8 Å². The van der Waals surface area contributed by atoms with Crippen molar-refractivity contribution in [1.82, 2.24) is 5.32 Å². The number of hydrogen-bond donors (Lipinski definition) is 1. The van der Waals surface area contributed by atoms with Gasteiger partial charge in [-0.15, -0.1) is 0 Å². The molecule has 1 heterocycles. The van der Waals surface area contributed by atoms with Gasteiger partial charge in [-0.2, -0.15) is 0 Å². The van der Waals surface area contributed by atoms with Gasteiger partial charge in [0.1, 0.15) is 0 Å². The molecule has 1 fully saturated rings. The van der Waals surface area contributed by atoms with Crippen molar-refractivity contribution in [3.63, 3.8) is 0 Å². The van der Waals surface area contributed by atoms with E-state index in [2.05, 4.69) is 19.2 Å². The number of nitrogens with one attached hydrogen (secondary N) is 1. The van der Waals surface area contributed by atoms with Crippen LogP contribution >= 0.6 is 0 Å². The van der Waals surface area contributed by atoms with Crippen molar-refractivity contribution >= 4 is 0 Å². The molecule has 3 heteroatoms. The molecule has 0 spiro atoms. The summed E-state index contributed by atoms with van der Waals surface area (Å²) in [6.07, 6.45) is 3.49. The minimum atomic E-state index is 0.521. The fraction of sp³-hybridized carbons (Fsp3) is 1.00. The Morgan fingerprint density at radius 3 is 2.93 bits per heavy atom. The maximum absolute atomic E-state index is 5.73. The van der Waals surface area contributed by atoms with Crippen molar-refractivity contribution in [1.29, 1.82) is 0 Å². The molecule has 0 aromatic heterocycles. The predicted octanol–water partition coefficient (Wildman–Crippen LogP) is 1.82. The largest absolute Gasteiger partial charge is 0.381 e. The maximum Gasteiger partial charge on any atom is 0.0619 e. The third-order valence-corrected chi connectivity index (χ3v) is 2.87. The first kappa shape index (κ1) is 12.9. The molecule has 1 N–H and O–H groups in total. The van der Waals surface area contributed by atoms with E-state index in [1.54, 1.807) is 0 Å². The summed E-state index contributed by atoms with van der Waals surface area (Å²) >= 11 is 0. The van der Waals surface area contributed by atoms with Crippen LogP contribution in [0.1, 0.15) is 33.1 Å². The van der Waals surface area contributed by atoms with Gasteiger partial charge in [-0.05, 0) is 25.8 Å². The Balaban J connectivity index is 2.00. The highest BCUT2D eigenvalue weighted by Gasteiger charge is 2.16. The van der Waals surface area contributed by atoms with Crippen LogP contribution in [0.15, 0.2) is 0 Å². The van der Waals surface area contributed by atoms with E-state index < -0.39 is 0 Å². The molecule has 0 radical (unpaired) electrons. The van der Waals surface area contributed by atoms with Crippen LogP contribution in [-0.4, -0.2) is 39.0 Å². The maximum atomic E-state index is 5.73. The second-order valence-corrected chi connectivity index (χ2v) is 4.33. The SMILES string of the molecule is CCCNC(CC)COCC1CCOC1. The van der Waals surface area contributed by atoms with E-state index >= 15 is 0 Å². The van der Waals surface area contributed by atoms with Crippen molar-refractivity contribution in [3.05, 3.63) is 0 Å². The Morgan fingerprint density at radius 2 is 2.33 bits per heavy atom. The van der Waals surface area contributed by atoms with Crippen LogP contribution in [0.2, 0.25) is 0 Å². The molecule has 3 nitrogen and oxygen atoms in total. The van der Waals surface area contributed by atoms with Gasteiger partial charge in [0.25, 0.3) is 0 Å². The minimum absolute atomic E-state index is 0.521. The molecule has 2 atom stereocenters. The summed E-state index contributed by atoms with van der Waals surface area (Å²) in [7, 11) is 0. The van der Waals surface area contributed by atoms with E-state index in [-0.39, 0.29) is 0 Å². The second-order valence-electron chi connectivity index (χ2n) is 4.33. The molecule has 0 saturated carbocycles. The molecule has 2 unspecified atom stereocenters. The van der Waals surface area contributed by atoms with Crippen molar-refractivity contribution in [2.24, 2.45) is 5.92 Å². The van der Waals surface area contributed by atoms with Crippen LogP contribution in [0.4, 0.5) is 0 Å². The molecule has 0 aromatic rings. The lowest BCUT2D eigenvalue weighted by Crippen LogP contribution is -2.34. The first-order valence-corrected chi connectivity index (χ1v) is 6.25. The van der Waals surface area contributed by atoms with Crippen LogP contribution in [0.25, 0.3) is 0 Å². The third kappa shape index (κ3) is 5.50. The van der Waals surface area contributed by atoms with Gasteiger partial charge in [0.2, 0.25) is 0 Å². The third-order valence-electron chi connectivity index (χ3n) is 2.87. The summed E-state index contributed by atoms with van der Waals surface area (Å²) in [6.45, 7) is 9.00. The van der Waals surface area contributed by atoms with Crippen LogP contribution < -0.4 is 5.32 Å². The molecule has 0 amide bonds. The van der Waals surface area contributed by atoms with Gasteiger partial charge in [-0.3, -0.25) is 0 Å². The molecule has 0 bridgehead atoms. The number of ether oxygens (including phenoxy) is 2. The van der Waals surface area contributed by atoms with E-state index in [0.717, 1.165) is 39.4 Å². The summed E-state index contributed by atoms with van der Waals surface area (Å²) in [6, 6.07) is 0.521. The highest BCUT2D eigenvalue weighted by molar-refractivity contribution is 4.66. The molecular weight excluding hydrogens is 190 g/mol. The summed E-state index contributed by atoms with van der Waals surface area (Å²) in [5.74, 6) is 0.633. The molecule has 1 saturated heterocycles. The smallest absolute Gasteiger partial charge is 0.0619 e. The second kappa shape index (κ2) is 8.08. The van der Waals surface area contributed by atoms with Crippen LogP contribution in [0.3, 0.4) is 0 Å². The Kier molecular flexibility index (Phi) is 6.98. The molecule has 1 aliphatic heterocycles. The quantitative estimate of drug-likeness (QED) is 0.670. The monoisotopic (exact) mass is 215 g/mol. The lowest BCUT2D eigenvalue weighted by Gasteiger charge is -2.17. The lowest BCUT2D eigenvalue weighted by atomic mass is 10.1. The normalized spacial score (nSPS) is 23.2. The van der Waals surface area contributed by atoms with Gasteiger partial charge in [-0.1, -0.05) is 13.8 Å². The summed E-state index contributed by atoms with van der Waals surface area (Å²) < 4.78 is 11.0. The van der Waals surface area contributed by atoms with Gasteiger partial charge in [0, 0.05) is 18.6 Å². The number of hydrogen-bond acceptors (Lipinski definition) is 3. The van der Waals surface area contributed by atoms with E-state index in [1.807, 2.05) is 0 Å². The molecule has 90 valence electrons. The first-order chi connectivity index (χ1) is 7.36. The topological polar surface area (TPSA) is 30.5 Å². The molecular formula is C12H25NO2. The highest BCUT2D eigenvalue weighted by atomic mass is 16.5. The van der Waals surface area contributed by atoms with Gasteiger partial charge >= 0.3 is 0 Å². The van der Waals surface area contributed by atoms with E-state index in [1.165, 1.54) is 12.8 Å². The van der Waals surface area contributed by atoms with Crippen molar-refractivity contribution in [2.45, 2.75) is 39.2 Å². The predicted molar refractivity (Wildman–Crippen MR) is 62.1 cm³/mol.